The van der Waals surface area contributed by atoms with Gasteiger partial charge in [-0.3, -0.25) is 4.18 Å². The zero-order valence-electron chi connectivity index (χ0n) is 14.7. The van der Waals surface area contributed by atoms with Crippen molar-refractivity contribution in [3.05, 3.63) is 35.9 Å². The molecule has 1 aromatic rings. The first kappa shape index (κ1) is 22.2. The van der Waals surface area contributed by atoms with E-state index in [-0.39, 0.29) is 6.04 Å². The highest BCUT2D eigenvalue weighted by atomic mass is 35.6. The largest absolute Gasteiger partial charge is 0.336 e. The maximum absolute atomic E-state index is 12.2. The molecule has 0 radical (unpaired) electrons. The Morgan fingerprint density at radius 1 is 1.23 bits per heavy atom. The maximum Gasteiger partial charge on any atom is 0.336 e. The van der Waals surface area contributed by atoms with Crippen LogP contribution in [0.4, 0.5) is 0 Å². The highest BCUT2D eigenvalue weighted by molar-refractivity contribution is 7.84. The predicted octanol–water partition coefficient (Wildman–Crippen LogP) is 4.07. The fourth-order valence-corrected chi connectivity index (χ4v) is 4.44. The maximum atomic E-state index is 12.2. The van der Waals surface area contributed by atoms with Crippen molar-refractivity contribution >= 4 is 45.1 Å². The van der Waals surface area contributed by atoms with Gasteiger partial charge in [-0.25, -0.2) is 0 Å². The third-order valence-electron chi connectivity index (χ3n) is 4.57. The molecule has 0 saturated carbocycles. The number of halogens is 3. The van der Waals surface area contributed by atoms with Crippen LogP contribution < -0.4 is 4.72 Å². The summed E-state index contributed by atoms with van der Waals surface area (Å²) in [6.07, 6.45) is 3.90. The van der Waals surface area contributed by atoms with Crippen molar-refractivity contribution in [3.8, 4) is 0 Å². The number of benzene rings is 1. The van der Waals surface area contributed by atoms with Gasteiger partial charge in [-0.2, -0.15) is 13.1 Å². The normalized spacial score (nSPS) is 18.8. The topological polar surface area (TPSA) is 58.6 Å². The third kappa shape index (κ3) is 8.30. The molecule has 0 bridgehead atoms. The molecule has 1 aliphatic rings. The van der Waals surface area contributed by atoms with E-state index >= 15 is 0 Å². The van der Waals surface area contributed by atoms with E-state index in [0.717, 1.165) is 37.9 Å². The van der Waals surface area contributed by atoms with Crippen molar-refractivity contribution in [1.29, 1.82) is 0 Å². The average Bonchev–Trinajstić information content (AvgIpc) is 2.59. The highest BCUT2D eigenvalue weighted by Crippen LogP contribution is 2.29. The lowest BCUT2D eigenvalue weighted by Gasteiger charge is -2.30. The van der Waals surface area contributed by atoms with Crippen LogP contribution in [0.2, 0.25) is 0 Å². The fourth-order valence-electron chi connectivity index (χ4n) is 3.08. The Hall–Kier alpha value is -0.0800. The Bertz CT molecular complexity index is 645. The van der Waals surface area contributed by atoms with Gasteiger partial charge in [0.05, 0.1) is 0 Å². The molecule has 0 aromatic heterocycles. The average molecular weight is 444 g/mol. The molecule has 1 heterocycles. The minimum atomic E-state index is -4.04. The molecule has 0 amide bonds. The summed E-state index contributed by atoms with van der Waals surface area (Å²) in [6, 6.07) is 9.08. The zero-order valence-corrected chi connectivity index (χ0v) is 17.8. The predicted molar refractivity (Wildman–Crippen MR) is 107 cm³/mol. The van der Waals surface area contributed by atoms with Crippen LogP contribution in [0.3, 0.4) is 0 Å². The Morgan fingerprint density at radius 2 is 1.85 bits per heavy atom. The van der Waals surface area contributed by atoms with Crippen molar-refractivity contribution in [2.24, 2.45) is 5.92 Å². The lowest BCUT2D eigenvalue weighted by atomic mass is 9.89. The van der Waals surface area contributed by atoms with Crippen molar-refractivity contribution in [2.75, 3.05) is 26.7 Å². The Morgan fingerprint density at radius 3 is 2.42 bits per heavy atom. The quantitative estimate of drug-likeness (QED) is 0.615. The van der Waals surface area contributed by atoms with E-state index in [1.165, 1.54) is 0 Å². The summed E-state index contributed by atoms with van der Waals surface area (Å²) in [5.74, 6) is 0.601. The summed E-state index contributed by atoms with van der Waals surface area (Å²) in [7, 11) is -1.91. The number of hydrogen-bond acceptors (Lipinski definition) is 4. The van der Waals surface area contributed by atoms with Crippen LogP contribution in [-0.2, 0) is 14.5 Å². The standard InChI is InChI=1S/C17H25Cl3N2O3S/c1-22-11-9-14(10-12-22)7-8-16(15-5-3-2-4-6-15)21-26(23,24)25-13-17(18,19)20/h2-6,14,16,21H,7-13H2,1H3. The van der Waals surface area contributed by atoms with Crippen LogP contribution in [-0.4, -0.2) is 43.9 Å². The van der Waals surface area contributed by atoms with Crippen LogP contribution in [0.15, 0.2) is 30.3 Å². The molecule has 1 aliphatic heterocycles. The van der Waals surface area contributed by atoms with E-state index in [2.05, 4.69) is 16.7 Å². The van der Waals surface area contributed by atoms with Gasteiger partial charge in [0.1, 0.15) is 6.61 Å². The van der Waals surface area contributed by atoms with Gasteiger partial charge in [-0.1, -0.05) is 65.1 Å². The van der Waals surface area contributed by atoms with Gasteiger partial charge in [0.2, 0.25) is 3.79 Å². The van der Waals surface area contributed by atoms with Gasteiger partial charge in [0.15, 0.2) is 0 Å². The Labute approximate surface area is 171 Å². The third-order valence-corrected chi connectivity index (χ3v) is 5.90. The lowest BCUT2D eigenvalue weighted by Crippen LogP contribution is -2.34. The van der Waals surface area contributed by atoms with E-state index in [4.69, 9.17) is 39.0 Å². The highest BCUT2D eigenvalue weighted by Gasteiger charge is 2.27. The molecular weight excluding hydrogens is 419 g/mol. The van der Waals surface area contributed by atoms with Crippen molar-refractivity contribution < 1.29 is 12.6 Å². The van der Waals surface area contributed by atoms with E-state index in [9.17, 15) is 8.42 Å². The molecule has 1 aromatic carbocycles. The molecular formula is C17H25Cl3N2O3S. The number of alkyl halides is 3. The second kappa shape index (κ2) is 9.92. The Kier molecular flexibility index (Phi) is 8.47. The van der Waals surface area contributed by atoms with Crippen LogP contribution in [0.5, 0.6) is 0 Å². The molecule has 0 spiro atoms. The smallest absolute Gasteiger partial charge is 0.306 e. The summed E-state index contributed by atoms with van der Waals surface area (Å²) in [5, 5.41) is 0. The number of nitrogens with one attached hydrogen (secondary N) is 1. The molecule has 9 heteroatoms. The van der Waals surface area contributed by atoms with Gasteiger partial charge in [-0.15, -0.1) is 0 Å². The molecule has 26 heavy (non-hydrogen) atoms. The zero-order chi connectivity index (χ0) is 19.2. The first-order valence-electron chi connectivity index (χ1n) is 8.61. The molecule has 1 unspecified atom stereocenters. The first-order valence-corrected chi connectivity index (χ1v) is 11.2. The molecule has 1 fully saturated rings. The van der Waals surface area contributed by atoms with Crippen LogP contribution in [0.25, 0.3) is 0 Å². The van der Waals surface area contributed by atoms with Gasteiger partial charge in [0.25, 0.3) is 0 Å². The van der Waals surface area contributed by atoms with Crippen LogP contribution in [0.1, 0.15) is 37.3 Å². The second-order valence-corrected chi connectivity index (χ2v) is 10.6. The van der Waals surface area contributed by atoms with E-state index in [1.807, 2.05) is 30.3 Å². The van der Waals surface area contributed by atoms with Gasteiger partial charge >= 0.3 is 10.3 Å². The summed E-state index contributed by atoms with van der Waals surface area (Å²) >= 11 is 16.7. The molecule has 0 aliphatic carbocycles. The van der Waals surface area contributed by atoms with Crippen molar-refractivity contribution in [3.63, 3.8) is 0 Å². The second-order valence-electron chi connectivity index (χ2n) is 6.74. The van der Waals surface area contributed by atoms with E-state index in [1.54, 1.807) is 0 Å². The van der Waals surface area contributed by atoms with E-state index < -0.39 is 20.7 Å². The van der Waals surface area contributed by atoms with Gasteiger partial charge in [0, 0.05) is 6.04 Å². The number of hydrogen-bond donors (Lipinski definition) is 1. The summed E-state index contributed by atoms with van der Waals surface area (Å²) < 4.78 is 30.1. The molecule has 1 N–H and O–H groups in total. The first-order chi connectivity index (χ1) is 12.1. The van der Waals surface area contributed by atoms with Crippen LogP contribution in [0, 0.1) is 5.92 Å². The Balaban J connectivity index is 2.00. The van der Waals surface area contributed by atoms with Crippen LogP contribution >= 0.6 is 34.8 Å². The number of likely N-dealkylation sites (tertiary alicyclic amines) is 1. The minimum Gasteiger partial charge on any atom is -0.306 e. The summed E-state index contributed by atoms with van der Waals surface area (Å²) in [5.41, 5.74) is 0.890. The number of rotatable bonds is 8. The number of nitrogens with zero attached hydrogens (tertiary/aromatic N) is 1. The SMILES string of the molecule is CN1CCC(CCC(NS(=O)(=O)OCC(Cl)(Cl)Cl)c2ccccc2)CC1. The molecule has 1 atom stereocenters. The van der Waals surface area contributed by atoms with E-state index in [0.29, 0.717) is 12.3 Å². The monoisotopic (exact) mass is 442 g/mol. The van der Waals surface area contributed by atoms with Gasteiger partial charge in [-0.05, 0) is 57.3 Å². The molecule has 148 valence electrons. The van der Waals surface area contributed by atoms with Crippen molar-refractivity contribution in [1.82, 2.24) is 9.62 Å². The molecule has 1 saturated heterocycles. The van der Waals surface area contributed by atoms with Crippen molar-refractivity contribution in [2.45, 2.75) is 35.5 Å². The number of piperidine rings is 1. The minimum absolute atomic E-state index is 0.378. The molecule has 2 rings (SSSR count). The fraction of sp³-hybridized carbons (Fsp3) is 0.647. The summed E-state index contributed by atoms with van der Waals surface area (Å²) in [6.45, 7) is 1.63. The molecule has 5 nitrogen and oxygen atoms in total. The lowest BCUT2D eigenvalue weighted by molar-refractivity contribution is 0.207. The van der Waals surface area contributed by atoms with Gasteiger partial charge < -0.3 is 4.90 Å². The summed E-state index contributed by atoms with van der Waals surface area (Å²) in [4.78, 5) is 2.32.